The molecule has 0 spiro atoms. The van der Waals surface area contributed by atoms with Crippen LogP contribution in [0.5, 0.6) is 0 Å². The lowest BCUT2D eigenvalue weighted by Crippen LogP contribution is -2.57. The van der Waals surface area contributed by atoms with Gasteiger partial charge in [0.15, 0.2) is 0 Å². The molecule has 0 saturated carbocycles. The summed E-state index contributed by atoms with van der Waals surface area (Å²) in [4.78, 5) is 29.0. The highest BCUT2D eigenvalue weighted by atomic mass is 35.5. The van der Waals surface area contributed by atoms with E-state index in [0.717, 1.165) is 44.6 Å². The Morgan fingerprint density at radius 1 is 1.22 bits per heavy atom. The average molecular weight is 396 g/mol. The third kappa shape index (κ3) is 5.67. The van der Waals surface area contributed by atoms with Gasteiger partial charge in [-0.2, -0.15) is 0 Å². The Morgan fingerprint density at radius 2 is 1.93 bits per heavy atom. The van der Waals surface area contributed by atoms with Crippen LogP contribution in [0.2, 0.25) is 0 Å². The number of amides is 2. The van der Waals surface area contributed by atoms with Crippen molar-refractivity contribution in [3.63, 3.8) is 0 Å². The molecular weight excluding hydrogens is 366 g/mol. The highest BCUT2D eigenvalue weighted by Gasteiger charge is 2.37. The lowest BCUT2D eigenvalue weighted by atomic mass is 9.96. The first kappa shape index (κ1) is 21.7. The molecule has 2 amide bonds. The topological polar surface area (TPSA) is 61.9 Å². The first-order valence-corrected chi connectivity index (χ1v) is 9.59. The summed E-state index contributed by atoms with van der Waals surface area (Å²) < 4.78 is 5.40. The van der Waals surface area contributed by atoms with E-state index in [1.807, 2.05) is 35.2 Å². The predicted molar refractivity (Wildman–Crippen MR) is 107 cm³/mol. The number of benzene rings is 1. The van der Waals surface area contributed by atoms with Crippen LogP contribution >= 0.6 is 12.4 Å². The number of rotatable bonds is 6. The van der Waals surface area contributed by atoms with Crippen molar-refractivity contribution in [3.8, 4) is 0 Å². The van der Waals surface area contributed by atoms with Gasteiger partial charge in [-0.25, -0.2) is 0 Å². The molecule has 6 nitrogen and oxygen atoms in total. The minimum absolute atomic E-state index is 0. The van der Waals surface area contributed by atoms with Gasteiger partial charge in [-0.05, 0) is 37.4 Å². The Labute approximate surface area is 167 Å². The zero-order valence-corrected chi connectivity index (χ0v) is 16.7. The lowest BCUT2D eigenvalue weighted by molar-refractivity contribution is -0.160. The number of hydrogen-bond acceptors (Lipinski definition) is 4. The minimum atomic E-state index is -0.512. The van der Waals surface area contributed by atoms with Crippen molar-refractivity contribution in [3.05, 3.63) is 35.9 Å². The summed E-state index contributed by atoms with van der Waals surface area (Å²) in [6.45, 7) is 6.43. The quantitative estimate of drug-likeness (QED) is 0.796. The summed E-state index contributed by atoms with van der Waals surface area (Å²) in [7, 11) is 0. The number of nitrogens with zero attached hydrogens (tertiary/aromatic N) is 2. The lowest BCUT2D eigenvalue weighted by Gasteiger charge is -2.39. The van der Waals surface area contributed by atoms with Crippen LogP contribution < -0.4 is 5.32 Å². The Bertz CT molecular complexity index is 606. The highest BCUT2D eigenvalue weighted by Crippen LogP contribution is 2.21. The van der Waals surface area contributed by atoms with Crippen LogP contribution in [0.25, 0.3) is 0 Å². The van der Waals surface area contributed by atoms with E-state index in [0.29, 0.717) is 12.5 Å². The molecular formula is C20H30ClN3O3. The zero-order chi connectivity index (χ0) is 18.4. The van der Waals surface area contributed by atoms with E-state index < -0.39 is 6.04 Å². The molecule has 27 heavy (non-hydrogen) atoms. The molecule has 2 aliphatic rings. The molecule has 0 bridgehead atoms. The van der Waals surface area contributed by atoms with Gasteiger partial charge < -0.3 is 19.9 Å². The fourth-order valence-corrected chi connectivity index (χ4v) is 3.70. The summed E-state index contributed by atoms with van der Waals surface area (Å²) in [6.07, 6.45) is 2.03. The standard InChI is InChI=1S/C20H29N3O3.ClH/c1-2-21-12-16-8-10-22(11-9-16)20(25)18-14-26-15-19(24)23(18)13-17-6-4-3-5-7-17;/h3-7,16,18,21H,2,8-15H2,1H3;1H/t18-;/m1./s1. The molecule has 3 rings (SSSR count). The molecule has 0 aromatic heterocycles. The highest BCUT2D eigenvalue weighted by molar-refractivity contribution is 5.89. The molecule has 1 atom stereocenters. The number of nitrogens with one attached hydrogen (secondary N) is 1. The molecule has 0 radical (unpaired) electrons. The molecule has 1 N–H and O–H groups in total. The summed E-state index contributed by atoms with van der Waals surface area (Å²) in [6, 6.07) is 9.30. The molecule has 2 saturated heterocycles. The number of halogens is 1. The molecule has 2 fully saturated rings. The third-order valence-corrected chi connectivity index (χ3v) is 5.29. The van der Waals surface area contributed by atoms with Gasteiger partial charge in [-0.3, -0.25) is 9.59 Å². The summed E-state index contributed by atoms with van der Waals surface area (Å²) >= 11 is 0. The molecule has 1 aromatic rings. The molecule has 7 heteroatoms. The second kappa shape index (κ2) is 10.6. The van der Waals surface area contributed by atoms with Crippen LogP contribution in [0.4, 0.5) is 0 Å². The average Bonchev–Trinajstić information content (AvgIpc) is 2.68. The molecule has 0 unspecified atom stereocenters. The number of piperidine rings is 1. The van der Waals surface area contributed by atoms with Gasteiger partial charge in [0.2, 0.25) is 11.8 Å². The van der Waals surface area contributed by atoms with Crippen LogP contribution in [-0.2, 0) is 20.9 Å². The SMILES string of the molecule is CCNCC1CCN(C(=O)[C@H]2COCC(=O)N2Cc2ccccc2)CC1.Cl. The first-order valence-electron chi connectivity index (χ1n) is 9.59. The van der Waals surface area contributed by atoms with Gasteiger partial charge in [0.05, 0.1) is 6.61 Å². The van der Waals surface area contributed by atoms with Crippen molar-refractivity contribution in [1.29, 1.82) is 0 Å². The number of carbonyl (C=O) groups excluding carboxylic acids is 2. The largest absolute Gasteiger partial charge is 0.369 e. The second-order valence-corrected chi connectivity index (χ2v) is 7.11. The maximum absolute atomic E-state index is 13.1. The van der Waals surface area contributed by atoms with Gasteiger partial charge in [-0.15, -0.1) is 12.4 Å². The van der Waals surface area contributed by atoms with Crippen LogP contribution in [0.1, 0.15) is 25.3 Å². The summed E-state index contributed by atoms with van der Waals surface area (Å²) in [5, 5.41) is 3.39. The molecule has 2 heterocycles. The fourth-order valence-electron chi connectivity index (χ4n) is 3.70. The number of hydrogen-bond donors (Lipinski definition) is 1. The molecule has 1 aromatic carbocycles. The van der Waals surface area contributed by atoms with E-state index in [2.05, 4.69) is 12.2 Å². The van der Waals surface area contributed by atoms with E-state index in [-0.39, 0.29) is 37.4 Å². The third-order valence-electron chi connectivity index (χ3n) is 5.29. The van der Waals surface area contributed by atoms with Gasteiger partial charge in [-0.1, -0.05) is 37.3 Å². The van der Waals surface area contributed by atoms with Crippen LogP contribution in [0.15, 0.2) is 30.3 Å². The maximum atomic E-state index is 13.1. The summed E-state index contributed by atoms with van der Waals surface area (Å²) in [5.74, 6) is 0.542. The first-order chi connectivity index (χ1) is 12.7. The molecule has 2 aliphatic heterocycles. The Kier molecular flexibility index (Phi) is 8.54. The van der Waals surface area contributed by atoms with Gasteiger partial charge in [0.1, 0.15) is 12.6 Å². The van der Waals surface area contributed by atoms with Crippen LogP contribution in [0, 0.1) is 5.92 Å². The number of morpholine rings is 1. The van der Waals surface area contributed by atoms with E-state index in [9.17, 15) is 9.59 Å². The van der Waals surface area contributed by atoms with E-state index in [1.165, 1.54) is 0 Å². The minimum Gasteiger partial charge on any atom is -0.369 e. The Hall–Kier alpha value is -1.63. The van der Waals surface area contributed by atoms with Crippen molar-refractivity contribution in [1.82, 2.24) is 15.1 Å². The van der Waals surface area contributed by atoms with Gasteiger partial charge in [0.25, 0.3) is 0 Å². The van der Waals surface area contributed by atoms with Gasteiger partial charge in [0, 0.05) is 19.6 Å². The second-order valence-electron chi connectivity index (χ2n) is 7.11. The molecule has 150 valence electrons. The predicted octanol–water partition coefficient (Wildman–Crippen LogP) is 1.68. The molecule has 0 aliphatic carbocycles. The van der Waals surface area contributed by atoms with Crippen molar-refractivity contribution in [2.75, 3.05) is 39.4 Å². The van der Waals surface area contributed by atoms with Crippen molar-refractivity contribution in [2.24, 2.45) is 5.92 Å². The van der Waals surface area contributed by atoms with Crippen molar-refractivity contribution >= 4 is 24.2 Å². The maximum Gasteiger partial charge on any atom is 0.249 e. The van der Waals surface area contributed by atoms with Crippen molar-refractivity contribution < 1.29 is 14.3 Å². The number of carbonyl (C=O) groups is 2. The van der Waals surface area contributed by atoms with E-state index in [4.69, 9.17) is 4.74 Å². The van der Waals surface area contributed by atoms with Crippen molar-refractivity contribution in [2.45, 2.75) is 32.4 Å². The van der Waals surface area contributed by atoms with E-state index >= 15 is 0 Å². The van der Waals surface area contributed by atoms with Crippen LogP contribution in [0.3, 0.4) is 0 Å². The van der Waals surface area contributed by atoms with Gasteiger partial charge >= 0.3 is 0 Å². The Balaban J connectivity index is 0.00000261. The fraction of sp³-hybridized carbons (Fsp3) is 0.600. The smallest absolute Gasteiger partial charge is 0.249 e. The van der Waals surface area contributed by atoms with Crippen LogP contribution in [-0.4, -0.2) is 67.0 Å². The number of likely N-dealkylation sites (tertiary alicyclic amines) is 1. The summed E-state index contributed by atoms with van der Waals surface area (Å²) in [5.41, 5.74) is 1.03. The number of ether oxygens (including phenoxy) is 1. The zero-order valence-electron chi connectivity index (χ0n) is 15.9. The monoisotopic (exact) mass is 395 g/mol. The normalized spacial score (nSPS) is 21.1. The van der Waals surface area contributed by atoms with E-state index in [1.54, 1.807) is 4.90 Å². The Morgan fingerprint density at radius 3 is 2.59 bits per heavy atom.